The van der Waals surface area contributed by atoms with E-state index in [2.05, 4.69) is 162 Å². The summed E-state index contributed by atoms with van der Waals surface area (Å²) in [6, 6.07) is 105. The number of nitrogens with zero attached hydrogens (tertiary/aromatic N) is 9. The minimum atomic E-state index is 0.567. The molecule has 0 fully saturated rings. The molecule has 95 heavy (non-hydrogen) atoms. The first-order valence-electron chi connectivity index (χ1n) is 31.5. The van der Waals surface area contributed by atoms with Gasteiger partial charge in [-0.2, -0.15) is 0 Å². The van der Waals surface area contributed by atoms with Crippen molar-refractivity contribution in [1.82, 2.24) is 44.4 Å². The molecule has 0 radical (unpaired) electrons. The Balaban J connectivity index is 0.688. The van der Waals surface area contributed by atoms with E-state index in [9.17, 15) is 0 Å². The molecular formula is C84H51N9O2. The zero-order valence-electron chi connectivity index (χ0n) is 50.8. The van der Waals surface area contributed by atoms with Crippen molar-refractivity contribution in [3.63, 3.8) is 0 Å². The molecule has 0 spiro atoms. The van der Waals surface area contributed by atoms with E-state index in [1.807, 2.05) is 152 Å². The van der Waals surface area contributed by atoms with Gasteiger partial charge >= 0.3 is 0 Å². The van der Waals surface area contributed by atoms with Crippen molar-refractivity contribution in [3.05, 3.63) is 309 Å². The molecule has 0 bridgehead atoms. The number of fused-ring (bicyclic) bond motifs is 7. The van der Waals surface area contributed by atoms with E-state index >= 15 is 0 Å². The van der Waals surface area contributed by atoms with Crippen molar-refractivity contribution in [3.8, 4) is 130 Å². The number of hydrogen-bond acceptors (Lipinski definition) is 10. The lowest BCUT2D eigenvalue weighted by Gasteiger charge is -2.12. The first kappa shape index (κ1) is 54.8. The highest BCUT2D eigenvalue weighted by molar-refractivity contribution is 6.10. The highest BCUT2D eigenvalue weighted by Crippen LogP contribution is 2.42. The van der Waals surface area contributed by atoms with E-state index < -0.39 is 0 Å². The SMILES string of the molecule is c1ccc(-c2cc(-c3ccc(-c4nc(-c5ccccc5)nc(-c5ccccc5)n4)cc3)c3oc4ccc(-c5ccc6c(c5)nc(-c5ccccc5)n6-c5ccc(-c6nc(-c7ccccc7)nc(-c7ccc(-c8ccc9oc%10ccccc%10c9c8)cc7)n6)cc5)cc4c3n2)cc1. The number of aromatic nitrogens is 9. The third-order valence-electron chi connectivity index (χ3n) is 17.6. The summed E-state index contributed by atoms with van der Waals surface area (Å²) < 4.78 is 15.2. The Kier molecular flexibility index (Phi) is 13.2. The highest BCUT2D eigenvalue weighted by Gasteiger charge is 2.22. The summed E-state index contributed by atoms with van der Waals surface area (Å²) in [5.74, 6) is 4.36. The molecule has 11 heteroatoms. The van der Waals surface area contributed by atoms with Gasteiger partial charge in [0.2, 0.25) is 0 Å². The van der Waals surface area contributed by atoms with Gasteiger partial charge in [0.05, 0.1) is 16.7 Å². The smallest absolute Gasteiger partial charge is 0.164 e. The fourth-order valence-corrected chi connectivity index (χ4v) is 12.7. The van der Waals surface area contributed by atoms with E-state index in [4.69, 9.17) is 48.7 Å². The lowest BCUT2D eigenvalue weighted by molar-refractivity contribution is 0.668. The van der Waals surface area contributed by atoms with Gasteiger partial charge in [-0.3, -0.25) is 4.57 Å². The van der Waals surface area contributed by atoms with Crippen molar-refractivity contribution in [1.29, 1.82) is 0 Å². The average molecular weight is 1220 g/mol. The number of benzene rings is 12. The van der Waals surface area contributed by atoms with Gasteiger partial charge in [0.25, 0.3) is 0 Å². The zero-order valence-corrected chi connectivity index (χ0v) is 50.8. The fourth-order valence-electron chi connectivity index (χ4n) is 12.7. The molecule has 6 aromatic heterocycles. The quantitative estimate of drug-likeness (QED) is 0.116. The molecular weight excluding hydrogens is 1170 g/mol. The Labute approximate surface area is 544 Å². The summed E-state index contributed by atoms with van der Waals surface area (Å²) in [5.41, 5.74) is 20.9. The molecule has 0 aliphatic rings. The number of pyridine rings is 1. The molecule has 0 atom stereocenters. The van der Waals surface area contributed by atoms with Crippen LogP contribution in [0.1, 0.15) is 0 Å². The minimum absolute atomic E-state index is 0.567. The van der Waals surface area contributed by atoms with Crippen LogP contribution in [0.5, 0.6) is 0 Å². The van der Waals surface area contributed by atoms with Crippen LogP contribution in [0.3, 0.4) is 0 Å². The first-order chi connectivity index (χ1) is 47.0. The third-order valence-corrected chi connectivity index (χ3v) is 17.6. The molecule has 12 aromatic carbocycles. The molecule has 18 aromatic rings. The Morgan fingerprint density at radius 1 is 0.242 bits per heavy atom. The fraction of sp³-hybridized carbons (Fsp3) is 0. The lowest BCUT2D eigenvalue weighted by Crippen LogP contribution is -2.01. The van der Waals surface area contributed by atoms with Crippen molar-refractivity contribution >= 4 is 55.0 Å². The van der Waals surface area contributed by atoms with Crippen LogP contribution >= 0.6 is 0 Å². The van der Waals surface area contributed by atoms with Crippen molar-refractivity contribution < 1.29 is 8.83 Å². The second-order valence-electron chi connectivity index (χ2n) is 23.5. The Bertz CT molecular complexity index is 5860. The monoisotopic (exact) mass is 1220 g/mol. The Hall–Kier alpha value is -13.1. The summed E-state index contributed by atoms with van der Waals surface area (Å²) in [4.78, 5) is 41.0. The summed E-state index contributed by atoms with van der Waals surface area (Å²) in [6.45, 7) is 0. The molecule has 6 heterocycles. The maximum atomic E-state index is 6.85. The second-order valence-corrected chi connectivity index (χ2v) is 23.5. The molecule has 0 amide bonds. The molecule has 0 aliphatic carbocycles. The molecule has 0 saturated carbocycles. The summed E-state index contributed by atoms with van der Waals surface area (Å²) in [5, 5.41) is 3.09. The molecule has 11 nitrogen and oxygen atoms in total. The van der Waals surface area contributed by atoms with Crippen LogP contribution in [0.4, 0.5) is 0 Å². The predicted octanol–water partition coefficient (Wildman–Crippen LogP) is 20.9. The van der Waals surface area contributed by atoms with Gasteiger partial charge in [-0.05, 0) is 101 Å². The molecule has 444 valence electrons. The average Bonchev–Trinajstić information content (AvgIpc) is 1.72. The van der Waals surface area contributed by atoms with Gasteiger partial charge in [0.15, 0.2) is 40.5 Å². The zero-order chi connectivity index (χ0) is 62.8. The number of hydrogen-bond donors (Lipinski definition) is 0. The summed E-state index contributed by atoms with van der Waals surface area (Å²) in [7, 11) is 0. The minimum Gasteiger partial charge on any atom is -0.456 e. The van der Waals surface area contributed by atoms with Gasteiger partial charge in [-0.25, -0.2) is 39.9 Å². The standard InChI is InChI=1S/C84H51N9O2/c1-6-18-54(19-7-1)70-51-67(53-32-36-59(37-33-53)82-88-78(55-20-8-2-9-21-55)87-79(89-82)56-22-10-3-11-23-56)77-76(85-70)69-49-63(42-47-75(69)95-77)64-40-45-72-71(50-64)86-84(61-26-14-5-15-27-61)93(72)65-43-38-60(39-44-65)83-91-80(57-24-12-4-13-25-57)90-81(92-83)58-34-30-52(31-35-58)62-41-46-74-68(48-62)66-28-16-17-29-73(66)94-74/h1-51H. The number of imidazole rings is 1. The van der Waals surface area contributed by atoms with E-state index in [0.717, 1.165) is 145 Å². The van der Waals surface area contributed by atoms with Crippen LogP contribution in [-0.4, -0.2) is 44.4 Å². The van der Waals surface area contributed by atoms with Gasteiger partial charge in [-0.15, -0.1) is 0 Å². The van der Waals surface area contributed by atoms with E-state index in [0.29, 0.717) is 40.5 Å². The molecule has 18 rings (SSSR count). The number of para-hydroxylation sites is 1. The van der Waals surface area contributed by atoms with Crippen molar-refractivity contribution in [2.45, 2.75) is 0 Å². The topological polar surface area (TPSA) is 134 Å². The first-order valence-corrected chi connectivity index (χ1v) is 31.5. The Morgan fingerprint density at radius 2 is 0.632 bits per heavy atom. The normalized spacial score (nSPS) is 11.6. The third kappa shape index (κ3) is 10.1. The summed E-state index contributed by atoms with van der Waals surface area (Å²) in [6.07, 6.45) is 0. The van der Waals surface area contributed by atoms with Crippen LogP contribution in [0.25, 0.3) is 185 Å². The predicted molar refractivity (Wildman–Crippen MR) is 380 cm³/mol. The van der Waals surface area contributed by atoms with E-state index in [1.165, 1.54) is 0 Å². The number of furan rings is 2. The lowest BCUT2D eigenvalue weighted by atomic mass is 9.99. The van der Waals surface area contributed by atoms with Crippen LogP contribution in [0.15, 0.2) is 318 Å². The van der Waals surface area contributed by atoms with Crippen molar-refractivity contribution in [2.75, 3.05) is 0 Å². The van der Waals surface area contributed by atoms with Gasteiger partial charge in [0, 0.05) is 71.9 Å². The van der Waals surface area contributed by atoms with Gasteiger partial charge in [-0.1, -0.05) is 237 Å². The van der Waals surface area contributed by atoms with Gasteiger partial charge in [0.1, 0.15) is 28.1 Å². The number of rotatable bonds is 12. The highest BCUT2D eigenvalue weighted by atomic mass is 16.3. The van der Waals surface area contributed by atoms with Gasteiger partial charge < -0.3 is 8.83 Å². The van der Waals surface area contributed by atoms with Crippen molar-refractivity contribution in [2.24, 2.45) is 0 Å². The summed E-state index contributed by atoms with van der Waals surface area (Å²) >= 11 is 0. The molecule has 0 saturated heterocycles. The van der Waals surface area contributed by atoms with E-state index in [1.54, 1.807) is 0 Å². The molecule has 0 aliphatic heterocycles. The van der Waals surface area contributed by atoms with Crippen LogP contribution < -0.4 is 0 Å². The maximum absolute atomic E-state index is 6.85. The maximum Gasteiger partial charge on any atom is 0.164 e. The second kappa shape index (κ2) is 23.0. The molecule has 0 unspecified atom stereocenters. The molecule has 0 N–H and O–H groups in total. The van der Waals surface area contributed by atoms with Crippen LogP contribution in [0.2, 0.25) is 0 Å². The van der Waals surface area contributed by atoms with E-state index in [-0.39, 0.29) is 0 Å². The van der Waals surface area contributed by atoms with Crippen LogP contribution in [-0.2, 0) is 0 Å². The van der Waals surface area contributed by atoms with Crippen LogP contribution in [0, 0.1) is 0 Å². The largest absolute Gasteiger partial charge is 0.456 e. The Morgan fingerprint density at radius 3 is 1.18 bits per heavy atom.